The molecule has 92 valence electrons. The number of ketones is 1. The van der Waals surface area contributed by atoms with Crippen molar-refractivity contribution in [3.8, 4) is 16.9 Å². The van der Waals surface area contributed by atoms with Crippen molar-refractivity contribution < 1.29 is 14.3 Å². The van der Waals surface area contributed by atoms with Gasteiger partial charge in [-0.2, -0.15) is 0 Å². The Kier molecular flexibility index (Phi) is 3.34. The van der Waals surface area contributed by atoms with Crippen molar-refractivity contribution in [2.45, 2.75) is 6.92 Å². The van der Waals surface area contributed by atoms with Crippen molar-refractivity contribution >= 4 is 17.4 Å². The summed E-state index contributed by atoms with van der Waals surface area (Å²) in [6.07, 6.45) is 0. The molecule has 0 fully saturated rings. The third-order valence-electron chi connectivity index (χ3n) is 2.62. The average molecular weight is 265 g/mol. The third kappa shape index (κ3) is 2.36. The van der Waals surface area contributed by atoms with E-state index in [9.17, 15) is 14.3 Å². The van der Waals surface area contributed by atoms with Crippen molar-refractivity contribution in [2.24, 2.45) is 0 Å². The molecule has 0 aliphatic carbocycles. The van der Waals surface area contributed by atoms with Gasteiger partial charge < -0.3 is 5.11 Å². The first-order valence-corrected chi connectivity index (χ1v) is 5.66. The minimum atomic E-state index is -0.518. The number of phenols is 1. The lowest BCUT2D eigenvalue weighted by Gasteiger charge is -2.07. The van der Waals surface area contributed by atoms with Gasteiger partial charge in [-0.1, -0.05) is 23.7 Å². The van der Waals surface area contributed by atoms with Crippen LogP contribution in [0.25, 0.3) is 11.1 Å². The number of rotatable bonds is 2. The minimum Gasteiger partial charge on any atom is -0.508 e. The Hall–Kier alpha value is -1.87. The van der Waals surface area contributed by atoms with Crippen molar-refractivity contribution in [2.75, 3.05) is 0 Å². The van der Waals surface area contributed by atoms with Crippen LogP contribution in [0.2, 0.25) is 5.02 Å². The maximum atomic E-state index is 13.9. The van der Waals surface area contributed by atoms with E-state index in [0.717, 1.165) is 0 Å². The molecule has 0 atom stereocenters. The molecule has 2 aromatic carbocycles. The lowest BCUT2D eigenvalue weighted by atomic mass is 10.0. The molecule has 0 aliphatic heterocycles. The first kappa shape index (κ1) is 12.6. The van der Waals surface area contributed by atoms with Crippen LogP contribution in [0.1, 0.15) is 17.3 Å². The molecule has 0 aromatic heterocycles. The Morgan fingerprint density at radius 3 is 2.39 bits per heavy atom. The quantitative estimate of drug-likeness (QED) is 0.831. The number of benzene rings is 2. The fraction of sp³-hybridized carbons (Fsp3) is 0.0714. The van der Waals surface area contributed by atoms with Gasteiger partial charge in [-0.05, 0) is 31.2 Å². The summed E-state index contributed by atoms with van der Waals surface area (Å²) in [7, 11) is 0. The largest absolute Gasteiger partial charge is 0.508 e. The molecule has 0 aliphatic rings. The molecule has 18 heavy (non-hydrogen) atoms. The lowest BCUT2D eigenvalue weighted by molar-refractivity contribution is 0.101. The molecule has 2 nitrogen and oxygen atoms in total. The van der Waals surface area contributed by atoms with Gasteiger partial charge in [0.2, 0.25) is 0 Å². The number of Topliss-reactive ketones (excluding diaryl/α,β-unsaturated/α-hetero) is 1. The zero-order chi connectivity index (χ0) is 13.3. The summed E-state index contributed by atoms with van der Waals surface area (Å²) < 4.78 is 13.9. The van der Waals surface area contributed by atoms with Gasteiger partial charge in [0.25, 0.3) is 0 Å². The van der Waals surface area contributed by atoms with Gasteiger partial charge in [0.15, 0.2) is 5.78 Å². The van der Waals surface area contributed by atoms with Crippen molar-refractivity contribution in [1.82, 2.24) is 0 Å². The Bertz CT molecular complexity index is 623. The van der Waals surface area contributed by atoms with Crippen LogP contribution in [0.4, 0.5) is 4.39 Å². The van der Waals surface area contributed by atoms with Crippen molar-refractivity contribution in [1.29, 1.82) is 0 Å². The zero-order valence-electron chi connectivity index (χ0n) is 9.58. The maximum absolute atomic E-state index is 13.9. The van der Waals surface area contributed by atoms with E-state index in [2.05, 4.69) is 0 Å². The van der Waals surface area contributed by atoms with Crippen LogP contribution in [0.5, 0.6) is 5.75 Å². The van der Waals surface area contributed by atoms with E-state index < -0.39 is 5.82 Å². The third-order valence-corrected chi connectivity index (χ3v) is 2.93. The molecule has 0 saturated heterocycles. The molecule has 0 heterocycles. The van der Waals surface area contributed by atoms with Gasteiger partial charge in [-0.15, -0.1) is 0 Å². The highest BCUT2D eigenvalue weighted by Crippen LogP contribution is 2.32. The molecular weight excluding hydrogens is 255 g/mol. The summed E-state index contributed by atoms with van der Waals surface area (Å²) >= 11 is 5.94. The van der Waals surface area contributed by atoms with Crippen LogP contribution in [0.15, 0.2) is 36.4 Å². The summed E-state index contributed by atoms with van der Waals surface area (Å²) in [6.45, 7) is 1.38. The van der Waals surface area contributed by atoms with E-state index in [4.69, 9.17) is 11.6 Å². The SMILES string of the molecule is CC(=O)c1ccc(-c2ccc(O)cc2Cl)c(F)c1. The second kappa shape index (κ2) is 4.78. The first-order chi connectivity index (χ1) is 8.49. The van der Waals surface area contributed by atoms with Gasteiger partial charge in [-0.25, -0.2) is 4.39 Å². The van der Waals surface area contributed by atoms with Gasteiger partial charge >= 0.3 is 0 Å². The first-order valence-electron chi connectivity index (χ1n) is 5.28. The van der Waals surface area contributed by atoms with Crippen LogP contribution < -0.4 is 0 Å². The fourth-order valence-corrected chi connectivity index (χ4v) is 1.95. The Morgan fingerprint density at radius 2 is 1.83 bits per heavy atom. The smallest absolute Gasteiger partial charge is 0.159 e. The van der Waals surface area contributed by atoms with Gasteiger partial charge in [0.1, 0.15) is 11.6 Å². The molecule has 4 heteroatoms. The van der Waals surface area contributed by atoms with E-state index in [1.54, 1.807) is 6.07 Å². The fourth-order valence-electron chi connectivity index (χ4n) is 1.67. The normalized spacial score (nSPS) is 10.4. The van der Waals surface area contributed by atoms with Gasteiger partial charge in [0, 0.05) is 16.7 Å². The molecular formula is C14H10ClFO2. The molecule has 2 rings (SSSR count). The number of carbonyl (C=O) groups is 1. The Labute approximate surface area is 109 Å². The maximum Gasteiger partial charge on any atom is 0.159 e. The van der Waals surface area contributed by atoms with Crippen molar-refractivity contribution in [3.05, 3.63) is 52.8 Å². The average Bonchev–Trinajstić information content (AvgIpc) is 2.30. The van der Waals surface area contributed by atoms with E-state index in [0.29, 0.717) is 16.7 Å². The highest BCUT2D eigenvalue weighted by molar-refractivity contribution is 6.33. The predicted octanol–water partition coefficient (Wildman–Crippen LogP) is 4.05. The van der Waals surface area contributed by atoms with E-state index in [1.807, 2.05) is 0 Å². The Balaban J connectivity index is 2.54. The number of phenolic OH excluding ortho intramolecular Hbond substituents is 1. The molecule has 0 saturated carbocycles. The molecule has 0 spiro atoms. The summed E-state index contributed by atoms with van der Waals surface area (Å²) in [5.41, 5.74) is 1.08. The summed E-state index contributed by atoms with van der Waals surface area (Å²) in [5, 5.41) is 9.50. The zero-order valence-corrected chi connectivity index (χ0v) is 10.3. The number of hydrogen-bond acceptors (Lipinski definition) is 2. The van der Waals surface area contributed by atoms with Crippen molar-refractivity contribution in [3.63, 3.8) is 0 Å². The number of halogens is 2. The lowest BCUT2D eigenvalue weighted by Crippen LogP contribution is -1.94. The van der Waals surface area contributed by atoms with E-state index >= 15 is 0 Å². The van der Waals surface area contributed by atoms with E-state index in [-0.39, 0.29) is 16.6 Å². The van der Waals surface area contributed by atoms with E-state index in [1.165, 1.54) is 37.3 Å². The van der Waals surface area contributed by atoms with Crippen LogP contribution in [0.3, 0.4) is 0 Å². The topological polar surface area (TPSA) is 37.3 Å². The second-order valence-electron chi connectivity index (χ2n) is 3.91. The molecule has 1 N–H and O–H groups in total. The monoisotopic (exact) mass is 264 g/mol. The highest BCUT2D eigenvalue weighted by atomic mass is 35.5. The second-order valence-corrected chi connectivity index (χ2v) is 4.32. The molecule has 2 aromatic rings. The molecule has 0 amide bonds. The van der Waals surface area contributed by atoms with Crippen LogP contribution >= 0.6 is 11.6 Å². The van der Waals surface area contributed by atoms with Crippen LogP contribution in [-0.4, -0.2) is 10.9 Å². The summed E-state index contributed by atoms with van der Waals surface area (Å²) in [4.78, 5) is 11.1. The minimum absolute atomic E-state index is 0.0181. The highest BCUT2D eigenvalue weighted by Gasteiger charge is 2.11. The van der Waals surface area contributed by atoms with Crippen LogP contribution in [0, 0.1) is 5.82 Å². The molecule has 0 unspecified atom stereocenters. The molecule has 0 radical (unpaired) electrons. The van der Waals surface area contributed by atoms with Gasteiger partial charge in [0.05, 0.1) is 5.02 Å². The van der Waals surface area contributed by atoms with Gasteiger partial charge in [-0.3, -0.25) is 4.79 Å². The van der Waals surface area contributed by atoms with Crippen LogP contribution in [-0.2, 0) is 0 Å². The Morgan fingerprint density at radius 1 is 1.17 bits per heavy atom. The number of aromatic hydroxyl groups is 1. The summed E-state index contributed by atoms with van der Waals surface area (Å²) in [5.74, 6) is -0.697. The predicted molar refractivity (Wildman–Crippen MR) is 68.5 cm³/mol. The standard InChI is InChI=1S/C14H10ClFO2/c1-8(17)9-2-4-12(14(16)6-9)11-5-3-10(18)7-13(11)15/h2-7,18H,1H3. The molecule has 0 bridgehead atoms. The summed E-state index contributed by atoms with van der Waals surface area (Å²) in [6, 6.07) is 8.54. The number of carbonyl (C=O) groups excluding carboxylic acids is 1. The number of hydrogen-bond donors (Lipinski definition) is 1.